The zero-order chi connectivity index (χ0) is 13.0. The molecule has 1 N–H and O–H groups in total. The molecule has 1 aromatic carbocycles. The summed E-state index contributed by atoms with van der Waals surface area (Å²) >= 11 is 5.89. The van der Waals surface area contributed by atoms with Crippen molar-refractivity contribution in [3.8, 4) is 0 Å². The summed E-state index contributed by atoms with van der Waals surface area (Å²) in [6.45, 7) is 6.26. The van der Waals surface area contributed by atoms with E-state index in [1.807, 2.05) is 6.07 Å². The van der Waals surface area contributed by atoms with Crippen molar-refractivity contribution < 1.29 is 4.39 Å². The van der Waals surface area contributed by atoms with Gasteiger partial charge in [0.25, 0.3) is 0 Å². The number of hydrogen-bond donors (Lipinski definition) is 1. The van der Waals surface area contributed by atoms with Crippen LogP contribution in [0.1, 0.15) is 19.8 Å². The third-order valence-corrected chi connectivity index (χ3v) is 3.58. The number of nitrogens with zero attached hydrogens (tertiary/aromatic N) is 1. The lowest BCUT2D eigenvalue weighted by Gasteiger charge is -2.19. The first-order valence-electron chi connectivity index (χ1n) is 6.61. The minimum absolute atomic E-state index is 0.259. The molecule has 1 aliphatic heterocycles. The first-order valence-corrected chi connectivity index (χ1v) is 6.98. The van der Waals surface area contributed by atoms with Crippen LogP contribution in [0.4, 0.5) is 10.1 Å². The highest BCUT2D eigenvalue weighted by atomic mass is 35.5. The first kappa shape index (κ1) is 13.6. The fourth-order valence-corrected chi connectivity index (χ4v) is 2.65. The molecule has 1 heterocycles. The van der Waals surface area contributed by atoms with Crippen molar-refractivity contribution in [3.63, 3.8) is 0 Å². The Hall–Kier alpha value is -0.800. The van der Waals surface area contributed by atoms with E-state index >= 15 is 0 Å². The van der Waals surface area contributed by atoms with Gasteiger partial charge in [0.1, 0.15) is 5.82 Å². The van der Waals surface area contributed by atoms with Gasteiger partial charge >= 0.3 is 0 Å². The van der Waals surface area contributed by atoms with Gasteiger partial charge in [0.15, 0.2) is 0 Å². The number of anilines is 1. The molecule has 0 aromatic heterocycles. The largest absolute Gasteiger partial charge is 0.371 e. The fraction of sp³-hybridized carbons (Fsp3) is 0.571. The summed E-state index contributed by atoms with van der Waals surface area (Å²) in [6.07, 6.45) is 2.32. The van der Waals surface area contributed by atoms with Crippen LogP contribution in [0.25, 0.3) is 0 Å². The first-order chi connectivity index (χ1) is 8.69. The molecule has 4 heteroatoms. The maximum absolute atomic E-state index is 13.3. The summed E-state index contributed by atoms with van der Waals surface area (Å²) in [7, 11) is 0. The normalized spacial score (nSPS) is 19.5. The monoisotopic (exact) mass is 270 g/mol. The zero-order valence-electron chi connectivity index (χ0n) is 10.8. The van der Waals surface area contributed by atoms with Crippen molar-refractivity contribution in [3.05, 3.63) is 29.0 Å². The predicted molar refractivity (Wildman–Crippen MR) is 74.9 cm³/mol. The number of hydrogen-bond acceptors (Lipinski definition) is 2. The van der Waals surface area contributed by atoms with Crippen LogP contribution >= 0.6 is 11.6 Å². The summed E-state index contributed by atoms with van der Waals surface area (Å²) in [6, 6.07) is 4.75. The topological polar surface area (TPSA) is 15.3 Å². The molecule has 0 aliphatic carbocycles. The van der Waals surface area contributed by atoms with Gasteiger partial charge in [-0.25, -0.2) is 4.39 Å². The summed E-state index contributed by atoms with van der Waals surface area (Å²) < 4.78 is 13.3. The Bertz CT molecular complexity index is 377. The summed E-state index contributed by atoms with van der Waals surface area (Å²) in [5.74, 6) is 0.392. The minimum Gasteiger partial charge on any atom is -0.371 e. The van der Waals surface area contributed by atoms with Crippen LogP contribution in [0.5, 0.6) is 0 Å². The van der Waals surface area contributed by atoms with Crippen molar-refractivity contribution >= 4 is 17.3 Å². The Balaban J connectivity index is 1.91. The summed E-state index contributed by atoms with van der Waals surface area (Å²) in [5.41, 5.74) is 0.901. The standard InChI is InChI=1S/C14H20ClFN2/c1-2-4-17-9-11-3-5-18(10-11)14-7-12(15)6-13(16)8-14/h6-8,11,17H,2-5,9-10H2,1H3. The fourth-order valence-electron chi connectivity index (χ4n) is 2.44. The van der Waals surface area contributed by atoms with Gasteiger partial charge in [-0.1, -0.05) is 18.5 Å². The number of halogens is 2. The number of benzene rings is 1. The van der Waals surface area contributed by atoms with E-state index in [2.05, 4.69) is 17.1 Å². The van der Waals surface area contributed by atoms with Crippen molar-refractivity contribution in [2.45, 2.75) is 19.8 Å². The number of nitrogens with one attached hydrogen (secondary N) is 1. The molecule has 100 valence electrons. The van der Waals surface area contributed by atoms with Crippen LogP contribution in [-0.2, 0) is 0 Å². The molecule has 0 radical (unpaired) electrons. The molecule has 2 rings (SSSR count). The van der Waals surface area contributed by atoms with E-state index in [9.17, 15) is 4.39 Å². The third kappa shape index (κ3) is 3.59. The van der Waals surface area contributed by atoms with Crippen molar-refractivity contribution in [2.24, 2.45) is 5.92 Å². The number of rotatable bonds is 5. The Morgan fingerprint density at radius 1 is 1.44 bits per heavy atom. The molecular formula is C14H20ClFN2. The molecule has 1 aliphatic rings. The highest BCUT2D eigenvalue weighted by Gasteiger charge is 2.22. The van der Waals surface area contributed by atoms with Crippen LogP contribution in [0, 0.1) is 11.7 Å². The predicted octanol–water partition coefficient (Wildman–Crippen LogP) is 3.31. The lowest BCUT2D eigenvalue weighted by Crippen LogP contribution is -2.26. The van der Waals surface area contributed by atoms with Gasteiger partial charge in [-0.15, -0.1) is 0 Å². The molecule has 0 saturated carbocycles. The van der Waals surface area contributed by atoms with Gasteiger partial charge in [0.05, 0.1) is 0 Å². The Labute approximate surface area is 113 Å². The Morgan fingerprint density at radius 3 is 3.00 bits per heavy atom. The third-order valence-electron chi connectivity index (χ3n) is 3.36. The lowest BCUT2D eigenvalue weighted by molar-refractivity contribution is 0.516. The maximum Gasteiger partial charge on any atom is 0.126 e. The molecule has 2 nitrogen and oxygen atoms in total. The molecule has 1 atom stereocenters. The zero-order valence-corrected chi connectivity index (χ0v) is 11.5. The molecule has 0 spiro atoms. The van der Waals surface area contributed by atoms with Gasteiger partial charge in [-0.05, 0) is 50.0 Å². The maximum atomic E-state index is 13.3. The molecular weight excluding hydrogens is 251 g/mol. The summed E-state index contributed by atoms with van der Waals surface area (Å²) in [5, 5.41) is 3.91. The van der Waals surface area contributed by atoms with Crippen molar-refractivity contribution in [1.82, 2.24) is 5.32 Å². The van der Waals surface area contributed by atoms with E-state index < -0.39 is 0 Å². The van der Waals surface area contributed by atoms with E-state index in [0.29, 0.717) is 10.9 Å². The van der Waals surface area contributed by atoms with E-state index in [0.717, 1.165) is 44.7 Å². The molecule has 0 amide bonds. The quantitative estimate of drug-likeness (QED) is 0.826. The van der Waals surface area contributed by atoms with Gasteiger partial charge in [-0.3, -0.25) is 0 Å². The van der Waals surface area contributed by atoms with Crippen LogP contribution in [0.3, 0.4) is 0 Å². The molecule has 1 fully saturated rings. The Kier molecular flexibility index (Phi) is 4.84. The smallest absolute Gasteiger partial charge is 0.126 e. The van der Waals surface area contributed by atoms with Gasteiger partial charge in [0, 0.05) is 23.8 Å². The minimum atomic E-state index is -0.259. The highest BCUT2D eigenvalue weighted by Crippen LogP contribution is 2.27. The Morgan fingerprint density at radius 2 is 2.28 bits per heavy atom. The van der Waals surface area contributed by atoms with E-state index in [1.54, 1.807) is 6.07 Å². The second-order valence-corrected chi connectivity index (χ2v) is 5.37. The molecule has 1 aromatic rings. The van der Waals surface area contributed by atoms with Gasteiger partial charge < -0.3 is 10.2 Å². The molecule has 0 bridgehead atoms. The van der Waals surface area contributed by atoms with E-state index in [-0.39, 0.29) is 5.82 Å². The second kappa shape index (κ2) is 6.39. The van der Waals surface area contributed by atoms with E-state index in [1.165, 1.54) is 6.07 Å². The molecule has 18 heavy (non-hydrogen) atoms. The van der Waals surface area contributed by atoms with Gasteiger partial charge in [-0.2, -0.15) is 0 Å². The van der Waals surface area contributed by atoms with Crippen LogP contribution in [0.15, 0.2) is 18.2 Å². The van der Waals surface area contributed by atoms with Crippen LogP contribution in [-0.4, -0.2) is 26.2 Å². The molecule has 1 unspecified atom stereocenters. The lowest BCUT2D eigenvalue weighted by atomic mass is 10.1. The van der Waals surface area contributed by atoms with Gasteiger partial charge in [0.2, 0.25) is 0 Å². The van der Waals surface area contributed by atoms with Crippen molar-refractivity contribution in [2.75, 3.05) is 31.1 Å². The highest BCUT2D eigenvalue weighted by molar-refractivity contribution is 6.30. The average Bonchev–Trinajstić information content (AvgIpc) is 2.77. The molecule has 1 saturated heterocycles. The second-order valence-electron chi connectivity index (χ2n) is 4.93. The summed E-state index contributed by atoms with van der Waals surface area (Å²) in [4.78, 5) is 2.22. The van der Waals surface area contributed by atoms with Crippen LogP contribution < -0.4 is 10.2 Å². The van der Waals surface area contributed by atoms with E-state index in [4.69, 9.17) is 11.6 Å². The average molecular weight is 271 g/mol. The van der Waals surface area contributed by atoms with Crippen LogP contribution in [0.2, 0.25) is 5.02 Å². The SMILES string of the molecule is CCCNCC1CCN(c2cc(F)cc(Cl)c2)C1. The van der Waals surface area contributed by atoms with Crippen molar-refractivity contribution in [1.29, 1.82) is 0 Å².